The molecule has 2 aromatic carbocycles. The van der Waals surface area contributed by atoms with Crippen LogP contribution >= 0.6 is 12.4 Å². The zero-order valence-corrected chi connectivity index (χ0v) is 18.0. The number of rotatable bonds is 5. The van der Waals surface area contributed by atoms with E-state index in [1.54, 1.807) is 23.1 Å². The van der Waals surface area contributed by atoms with Crippen LogP contribution in [0.4, 0.5) is 0 Å². The van der Waals surface area contributed by atoms with Gasteiger partial charge in [-0.25, -0.2) is 23.6 Å². The van der Waals surface area contributed by atoms with Crippen LogP contribution in [-0.4, -0.2) is 52.3 Å². The quantitative estimate of drug-likeness (QED) is 0.438. The molecule has 0 atom stereocenters. The van der Waals surface area contributed by atoms with Crippen LogP contribution in [0.3, 0.4) is 0 Å². The number of hydrogen-bond donors (Lipinski definition) is 2. The minimum Gasteiger partial charge on any atom is -0.381 e. The number of amides is 1. The lowest BCUT2D eigenvalue weighted by atomic mass is 9.98. The second-order valence-electron chi connectivity index (χ2n) is 6.96. The number of hydrogen-bond acceptors (Lipinski definition) is 7. The van der Waals surface area contributed by atoms with Crippen molar-refractivity contribution in [2.75, 3.05) is 13.2 Å². The van der Waals surface area contributed by atoms with Crippen LogP contribution in [0.2, 0.25) is 0 Å². The Morgan fingerprint density at radius 3 is 2.13 bits per heavy atom. The van der Waals surface area contributed by atoms with Crippen LogP contribution in [0.15, 0.2) is 66.1 Å². The topological polar surface area (TPSA) is 123 Å². The van der Waals surface area contributed by atoms with Crippen molar-refractivity contribution in [1.29, 1.82) is 0 Å². The number of halogens is 1. The van der Waals surface area contributed by atoms with Gasteiger partial charge in [0.05, 0.1) is 10.6 Å². The van der Waals surface area contributed by atoms with Crippen molar-refractivity contribution < 1.29 is 23.2 Å². The Balaban J connectivity index is 0.00000272. The van der Waals surface area contributed by atoms with Crippen molar-refractivity contribution in [3.05, 3.63) is 61.2 Å². The maximum absolute atomic E-state index is 13.3. The van der Waals surface area contributed by atoms with Gasteiger partial charge >= 0.3 is 0 Å². The van der Waals surface area contributed by atoms with Gasteiger partial charge < -0.3 is 4.74 Å². The molecule has 11 heteroatoms. The molecule has 0 unspecified atom stereocenters. The van der Waals surface area contributed by atoms with Crippen molar-refractivity contribution in [2.24, 2.45) is 0 Å². The van der Waals surface area contributed by atoms with Gasteiger partial charge in [0.25, 0.3) is 5.91 Å². The van der Waals surface area contributed by atoms with Crippen LogP contribution in [-0.2, 0) is 19.4 Å². The normalized spacial score (nSPS) is 15.6. The zero-order valence-electron chi connectivity index (χ0n) is 16.3. The first-order valence-corrected chi connectivity index (χ1v) is 10.8. The standard InChI is InChI=1S/C20H20N4O5S.ClH/c25-19(23-26)20(9-11-29-12-10-20)30(27,28)18-7-3-16(4-8-18)15-1-5-17(6-2-15)24-14-21-13-22-24;/h1-8,13-14,26H,9-12H2,(H,23,25);1H. The van der Waals surface area contributed by atoms with E-state index >= 15 is 0 Å². The molecule has 1 aromatic heterocycles. The molecular formula is C20H21ClN4O5S. The average Bonchev–Trinajstić information content (AvgIpc) is 3.34. The maximum atomic E-state index is 13.3. The van der Waals surface area contributed by atoms with E-state index < -0.39 is 20.5 Å². The summed E-state index contributed by atoms with van der Waals surface area (Å²) in [5, 5.41) is 13.2. The fraction of sp³-hybridized carbons (Fsp3) is 0.250. The fourth-order valence-electron chi connectivity index (χ4n) is 3.62. The summed E-state index contributed by atoms with van der Waals surface area (Å²) in [6.07, 6.45) is 3.01. The molecule has 0 saturated carbocycles. The summed E-state index contributed by atoms with van der Waals surface area (Å²) in [7, 11) is -4.04. The van der Waals surface area contributed by atoms with Crippen molar-refractivity contribution in [2.45, 2.75) is 22.5 Å². The highest BCUT2D eigenvalue weighted by Crippen LogP contribution is 2.36. The summed E-state index contributed by atoms with van der Waals surface area (Å²) in [5.74, 6) is -0.932. The highest BCUT2D eigenvalue weighted by atomic mass is 35.5. The number of carbonyl (C=O) groups is 1. The van der Waals surface area contributed by atoms with E-state index in [2.05, 4.69) is 10.1 Å². The summed E-state index contributed by atoms with van der Waals surface area (Å²) in [4.78, 5) is 16.3. The van der Waals surface area contributed by atoms with Gasteiger partial charge in [-0.2, -0.15) is 5.10 Å². The third-order valence-corrected chi connectivity index (χ3v) is 7.89. The van der Waals surface area contributed by atoms with E-state index in [0.717, 1.165) is 16.8 Å². The van der Waals surface area contributed by atoms with Gasteiger partial charge in [0, 0.05) is 13.2 Å². The largest absolute Gasteiger partial charge is 0.381 e. The van der Waals surface area contributed by atoms with E-state index in [4.69, 9.17) is 9.94 Å². The lowest BCUT2D eigenvalue weighted by Gasteiger charge is -2.34. The second-order valence-corrected chi connectivity index (χ2v) is 9.22. The average molecular weight is 465 g/mol. The third kappa shape index (κ3) is 4.07. The SMILES string of the molecule is Cl.O=C(NO)C1(S(=O)(=O)c2ccc(-c3ccc(-n4cncn4)cc3)cc2)CCOCC1. The number of ether oxygens (including phenoxy) is 1. The fourth-order valence-corrected chi connectivity index (χ4v) is 5.56. The third-order valence-electron chi connectivity index (χ3n) is 5.38. The molecule has 1 fully saturated rings. The smallest absolute Gasteiger partial charge is 0.265 e. The van der Waals surface area contributed by atoms with Crippen molar-refractivity contribution >= 4 is 28.2 Å². The van der Waals surface area contributed by atoms with E-state index in [-0.39, 0.29) is 43.4 Å². The number of aromatic nitrogens is 3. The molecule has 4 rings (SSSR count). The molecule has 1 amide bonds. The van der Waals surface area contributed by atoms with Crippen molar-refractivity contribution in [3.8, 4) is 16.8 Å². The molecule has 164 valence electrons. The molecule has 0 aliphatic carbocycles. The summed E-state index contributed by atoms with van der Waals surface area (Å²) in [6, 6.07) is 13.9. The van der Waals surface area contributed by atoms with Gasteiger partial charge in [-0.1, -0.05) is 24.3 Å². The Bertz CT molecular complexity index is 1130. The monoisotopic (exact) mass is 464 g/mol. The molecular weight excluding hydrogens is 444 g/mol. The van der Waals surface area contributed by atoms with E-state index in [1.165, 1.54) is 23.9 Å². The van der Waals surface area contributed by atoms with Crippen LogP contribution in [0, 0.1) is 0 Å². The highest BCUT2D eigenvalue weighted by Gasteiger charge is 2.52. The Morgan fingerprint density at radius 1 is 1.03 bits per heavy atom. The molecule has 2 heterocycles. The molecule has 2 N–H and O–H groups in total. The Hall–Kier alpha value is -2.79. The van der Waals surface area contributed by atoms with Crippen LogP contribution in [0.5, 0.6) is 0 Å². The minimum absolute atomic E-state index is 0. The van der Waals surface area contributed by atoms with Gasteiger partial charge in [0.2, 0.25) is 0 Å². The number of nitrogens with zero attached hydrogens (tertiary/aromatic N) is 3. The molecule has 0 bridgehead atoms. The Kier molecular flexibility index (Phi) is 6.75. The Labute approximate surface area is 185 Å². The van der Waals surface area contributed by atoms with Gasteiger partial charge in [-0.15, -0.1) is 12.4 Å². The summed E-state index contributed by atoms with van der Waals surface area (Å²) < 4.78 is 31.7. The molecule has 1 aliphatic rings. The van der Waals surface area contributed by atoms with Crippen LogP contribution in [0.1, 0.15) is 12.8 Å². The maximum Gasteiger partial charge on any atom is 0.265 e. The Morgan fingerprint density at radius 2 is 1.61 bits per heavy atom. The summed E-state index contributed by atoms with van der Waals surface area (Å²) in [6.45, 7) is 0.256. The molecule has 31 heavy (non-hydrogen) atoms. The number of sulfone groups is 1. The van der Waals surface area contributed by atoms with Gasteiger partial charge in [-0.05, 0) is 48.2 Å². The first kappa shape index (κ1) is 22.9. The van der Waals surface area contributed by atoms with E-state index in [0.29, 0.717) is 0 Å². The van der Waals surface area contributed by atoms with E-state index in [9.17, 15) is 13.2 Å². The first-order chi connectivity index (χ1) is 14.5. The summed E-state index contributed by atoms with van der Waals surface area (Å²) >= 11 is 0. The van der Waals surface area contributed by atoms with Crippen LogP contribution < -0.4 is 5.48 Å². The zero-order chi connectivity index (χ0) is 21.2. The van der Waals surface area contributed by atoms with Gasteiger partial charge in [0.15, 0.2) is 14.6 Å². The van der Waals surface area contributed by atoms with Gasteiger partial charge in [-0.3, -0.25) is 10.0 Å². The molecule has 0 radical (unpaired) electrons. The van der Waals surface area contributed by atoms with Gasteiger partial charge in [0.1, 0.15) is 12.7 Å². The van der Waals surface area contributed by atoms with Crippen molar-refractivity contribution in [1.82, 2.24) is 20.2 Å². The predicted molar refractivity (Wildman–Crippen MR) is 114 cm³/mol. The minimum atomic E-state index is -4.04. The van der Waals surface area contributed by atoms with Crippen LogP contribution in [0.25, 0.3) is 16.8 Å². The summed E-state index contributed by atoms with van der Waals surface area (Å²) in [5.41, 5.74) is 4.10. The molecule has 9 nitrogen and oxygen atoms in total. The molecule has 1 saturated heterocycles. The number of carbonyl (C=O) groups excluding carboxylic acids is 1. The molecule has 1 aliphatic heterocycles. The highest BCUT2D eigenvalue weighted by molar-refractivity contribution is 7.93. The number of nitrogens with one attached hydrogen (secondary N) is 1. The van der Waals surface area contributed by atoms with E-state index in [1.807, 2.05) is 24.3 Å². The lowest BCUT2D eigenvalue weighted by Crippen LogP contribution is -2.54. The number of hydroxylamine groups is 1. The predicted octanol–water partition coefficient (Wildman–Crippen LogP) is 2.18. The molecule has 0 spiro atoms. The molecule has 3 aromatic rings. The number of benzene rings is 2. The second kappa shape index (κ2) is 9.15. The lowest BCUT2D eigenvalue weighted by molar-refractivity contribution is -0.134. The van der Waals surface area contributed by atoms with Crippen molar-refractivity contribution in [3.63, 3.8) is 0 Å². The first-order valence-electron chi connectivity index (χ1n) is 9.30.